The Balaban J connectivity index is 1.45. The molecule has 0 bridgehead atoms. The summed E-state index contributed by atoms with van der Waals surface area (Å²) in [6, 6.07) is 17.6. The molecule has 2 N–H and O–H groups in total. The second-order valence-corrected chi connectivity index (χ2v) is 8.25. The van der Waals surface area contributed by atoms with Gasteiger partial charge in [0.2, 0.25) is 5.91 Å². The Bertz CT molecular complexity index is 1410. The molecule has 1 fully saturated rings. The molecule has 1 amide bonds. The first-order chi connectivity index (χ1) is 15.6. The molecule has 156 valence electrons. The van der Waals surface area contributed by atoms with Gasteiger partial charge in [0, 0.05) is 42.9 Å². The lowest BCUT2D eigenvalue weighted by Crippen LogP contribution is -2.34. The van der Waals surface area contributed by atoms with Crippen LogP contribution in [0.4, 0.5) is 5.69 Å². The van der Waals surface area contributed by atoms with Crippen LogP contribution in [-0.2, 0) is 11.3 Å². The van der Waals surface area contributed by atoms with Gasteiger partial charge in [0.25, 0.3) is 0 Å². The van der Waals surface area contributed by atoms with E-state index in [1.165, 1.54) is 0 Å². The number of benzene rings is 2. The number of carbonyl (C=O) groups excluding carboxylic acids is 1. The van der Waals surface area contributed by atoms with E-state index in [1.54, 1.807) is 11.1 Å². The Morgan fingerprint density at radius 2 is 1.94 bits per heavy atom. The first-order valence-electron chi connectivity index (χ1n) is 10.6. The molecule has 32 heavy (non-hydrogen) atoms. The van der Waals surface area contributed by atoms with Gasteiger partial charge in [-0.15, -0.1) is 0 Å². The number of fused-ring (bicyclic) bond motifs is 5. The first-order valence-corrected chi connectivity index (χ1v) is 10.6. The Morgan fingerprint density at radius 3 is 2.69 bits per heavy atom. The van der Waals surface area contributed by atoms with Gasteiger partial charge in [-0.25, -0.2) is 4.98 Å². The van der Waals surface area contributed by atoms with Gasteiger partial charge in [0.1, 0.15) is 0 Å². The molecule has 4 aromatic rings. The summed E-state index contributed by atoms with van der Waals surface area (Å²) in [6.07, 6.45) is 6.57. The van der Waals surface area contributed by atoms with E-state index < -0.39 is 6.04 Å². The fraction of sp³-hybridized carbons (Fsp3) is 0.160. The molecule has 1 atom stereocenters. The quantitative estimate of drug-likeness (QED) is 0.474. The van der Waals surface area contributed by atoms with Crippen LogP contribution in [0.15, 0.2) is 67.1 Å². The van der Waals surface area contributed by atoms with Crippen LogP contribution in [0.1, 0.15) is 17.5 Å². The van der Waals surface area contributed by atoms with E-state index in [0.29, 0.717) is 25.1 Å². The van der Waals surface area contributed by atoms with Crippen molar-refractivity contribution in [3.63, 3.8) is 0 Å². The highest BCUT2D eigenvalue weighted by Crippen LogP contribution is 2.35. The van der Waals surface area contributed by atoms with Crippen LogP contribution in [-0.4, -0.2) is 32.6 Å². The maximum Gasteiger partial charge on any atom is 0.243 e. The van der Waals surface area contributed by atoms with Crippen LogP contribution < -0.4 is 10.6 Å². The molecule has 7 heteroatoms. The van der Waals surface area contributed by atoms with E-state index in [-0.39, 0.29) is 5.91 Å². The van der Waals surface area contributed by atoms with Crippen molar-refractivity contribution in [3.05, 3.63) is 78.2 Å². The molecule has 2 aliphatic heterocycles. The zero-order valence-corrected chi connectivity index (χ0v) is 17.3. The SMILES string of the molecule is N#Cc1ccc(-c2cc3n(c2)Cc2cc(N4CC[C@H](N)C4=O)ccc2-n2ccnc2-3)cc1. The Morgan fingerprint density at radius 1 is 1.09 bits per heavy atom. The molecule has 0 saturated carbocycles. The molecule has 0 aliphatic carbocycles. The Hall–Kier alpha value is -4.15. The van der Waals surface area contributed by atoms with Crippen molar-refractivity contribution in [1.82, 2.24) is 14.1 Å². The molecular formula is C25H20N6O. The number of anilines is 1. The van der Waals surface area contributed by atoms with Crippen LogP contribution in [0, 0.1) is 11.3 Å². The Labute approximate surface area is 184 Å². The minimum Gasteiger partial charge on any atom is -0.340 e. The number of hydrogen-bond donors (Lipinski definition) is 1. The van der Waals surface area contributed by atoms with Crippen molar-refractivity contribution >= 4 is 11.6 Å². The van der Waals surface area contributed by atoms with Crippen LogP contribution in [0.3, 0.4) is 0 Å². The van der Waals surface area contributed by atoms with Gasteiger partial charge in [0.05, 0.1) is 29.1 Å². The predicted octanol–water partition coefficient (Wildman–Crippen LogP) is 3.31. The third-order valence-corrected chi connectivity index (χ3v) is 6.34. The monoisotopic (exact) mass is 420 g/mol. The summed E-state index contributed by atoms with van der Waals surface area (Å²) in [5.74, 6) is 0.849. The van der Waals surface area contributed by atoms with Crippen molar-refractivity contribution in [3.8, 4) is 34.4 Å². The second-order valence-electron chi connectivity index (χ2n) is 8.25. The standard InChI is InChI=1S/C25H20N6O/c26-13-16-1-3-17(4-2-16)18-12-23-24-28-8-10-31(24)22-6-5-20(11-19(22)15-29(23)14-18)30-9-7-21(27)25(30)32/h1-6,8,10-12,14,21H,7,9,15,27H2/t21-/m0/s1. The number of amides is 1. The molecule has 2 aliphatic rings. The van der Waals surface area contributed by atoms with E-state index in [1.807, 2.05) is 36.5 Å². The smallest absolute Gasteiger partial charge is 0.243 e. The van der Waals surface area contributed by atoms with Crippen molar-refractivity contribution in [1.29, 1.82) is 5.26 Å². The summed E-state index contributed by atoms with van der Waals surface area (Å²) < 4.78 is 4.29. The van der Waals surface area contributed by atoms with E-state index >= 15 is 0 Å². The first kappa shape index (κ1) is 18.6. The number of hydrogen-bond acceptors (Lipinski definition) is 4. The van der Waals surface area contributed by atoms with E-state index in [0.717, 1.165) is 39.6 Å². The van der Waals surface area contributed by atoms with Gasteiger partial charge >= 0.3 is 0 Å². The van der Waals surface area contributed by atoms with Gasteiger partial charge in [-0.1, -0.05) is 12.1 Å². The lowest BCUT2D eigenvalue weighted by Gasteiger charge is -2.19. The number of aromatic nitrogens is 3. The van der Waals surface area contributed by atoms with E-state index in [4.69, 9.17) is 11.0 Å². The van der Waals surface area contributed by atoms with Crippen LogP contribution in [0.5, 0.6) is 0 Å². The summed E-state index contributed by atoms with van der Waals surface area (Å²) in [4.78, 5) is 18.9. The zero-order valence-electron chi connectivity index (χ0n) is 17.3. The molecule has 0 radical (unpaired) electrons. The minimum absolute atomic E-state index is 0.0216. The number of nitrogens with zero attached hydrogens (tertiary/aromatic N) is 5. The molecule has 7 nitrogen and oxygen atoms in total. The number of nitrogens with two attached hydrogens (primary N) is 1. The number of nitriles is 1. The van der Waals surface area contributed by atoms with Crippen molar-refractivity contribution < 1.29 is 4.79 Å². The predicted molar refractivity (Wildman–Crippen MR) is 121 cm³/mol. The maximum absolute atomic E-state index is 12.5. The normalized spacial score (nSPS) is 16.8. The van der Waals surface area contributed by atoms with Gasteiger partial charge in [-0.2, -0.15) is 5.26 Å². The van der Waals surface area contributed by atoms with E-state index in [2.05, 4.69) is 44.6 Å². The van der Waals surface area contributed by atoms with E-state index in [9.17, 15) is 4.79 Å². The maximum atomic E-state index is 12.5. The highest BCUT2D eigenvalue weighted by molar-refractivity contribution is 5.99. The molecule has 4 heterocycles. The second kappa shape index (κ2) is 6.94. The van der Waals surface area contributed by atoms with Crippen LogP contribution >= 0.6 is 0 Å². The lowest BCUT2D eigenvalue weighted by atomic mass is 10.1. The molecular weight excluding hydrogens is 400 g/mol. The topological polar surface area (TPSA) is 92.9 Å². The third kappa shape index (κ3) is 2.77. The molecule has 6 rings (SSSR count). The van der Waals surface area contributed by atoms with Crippen LogP contribution in [0.25, 0.3) is 28.3 Å². The van der Waals surface area contributed by atoms with Crippen molar-refractivity contribution in [2.75, 3.05) is 11.4 Å². The fourth-order valence-electron chi connectivity index (χ4n) is 4.65. The summed E-state index contributed by atoms with van der Waals surface area (Å²) in [5, 5.41) is 9.08. The molecule has 1 saturated heterocycles. The van der Waals surface area contributed by atoms with Gasteiger partial charge in [-0.05, 0) is 53.9 Å². The number of rotatable bonds is 2. The van der Waals surface area contributed by atoms with Gasteiger partial charge in [0.15, 0.2) is 5.82 Å². The van der Waals surface area contributed by atoms with Gasteiger partial charge < -0.3 is 15.2 Å². The molecule has 0 unspecified atom stereocenters. The molecule has 2 aromatic carbocycles. The largest absolute Gasteiger partial charge is 0.340 e. The molecule has 0 spiro atoms. The average Bonchev–Trinajstić information content (AvgIpc) is 3.52. The average molecular weight is 420 g/mol. The van der Waals surface area contributed by atoms with Crippen molar-refractivity contribution in [2.45, 2.75) is 19.0 Å². The highest BCUT2D eigenvalue weighted by atomic mass is 16.2. The Kier molecular flexibility index (Phi) is 4.03. The van der Waals surface area contributed by atoms with Crippen molar-refractivity contribution in [2.24, 2.45) is 5.73 Å². The number of imidazole rings is 1. The number of carbonyl (C=O) groups is 1. The van der Waals surface area contributed by atoms with Gasteiger partial charge in [-0.3, -0.25) is 9.36 Å². The van der Waals surface area contributed by atoms with Crippen LogP contribution in [0.2, 0.25) is 0 Å². The summed E-state index contributed by atoms with van der Waals surface area (Å²) in [6.45, 7) is 1.30. The zero-order chi connectivity index (χ0) is 21.8. The fourth-order valence-corrected chi connectivity index (χ4v) is 4.65. The highest BCUT2D eigenvalue weighted by Gasteiger charge is 2.30. The molecule has 2 aromatic heterocycles. The lowest BCUT2D eigenvalue weighted by molar-refractivity contribution is -0.118. The summed E-state index contributed by atoms with van der Waals surface area (Å²) in [5.41, 5.74) is 12.8. The minimum atomic E-state index is -0.417. The summed E-state index contributed by atoms with van der Waals surface area (Å²) in [7, 11) is 0. The third-order valence-electron chi connectivity index (χ3n) is 6.34. The summed E-state index contributed by atoms with van der Waals surface area (Å²) >= 11 is 0.